The maximum absolute atomic E-state index is 13.7. The summed E-state index contributed by atoms with van der Waals surface area (Å²) < 4.78 is 6.43. The van der Waals surface area contributed by atoms with Gasteiger partial charge in [0.25, 0.3) is 0 Å². The molecule has 4 amide bonds. The number of amides is 4. The van der Waals surface area contributed by atoms with E-state index in [2.05, 4.69) is 49.5 Å². The largest absolute Gasteiger partial charge is 0.507 e. The van der Waals surface area contributed by atoms with E-state index < -0.39 is 23.5 Å². The normalized spacial score (nSPS) is 25.5. The molecule has 0 saturated heterocycles. The number of carbonyl (C=O) groups is 5. The molecule has 4 saturated carbocycles. The second kappa shape index (κ2) is 24.5. The van der Waals surface area contributed by atoms with Crippen LogP contribution in [0.2, 0.25) is 0 Å². The fourth-order valence-corrected chi connectivity index (χ4v) is 15.5. The number of nitrogens with zero attached hydrogens (tertiary/aromatic N) is 4. The lowest BCUT2D eigenvalue weighted by atomic mass is 9.44. The lowest BCUT2D eigenvalue weighted by molar-refractivity contribution is -0.142. The van der Waals surface area contributed by atoms with Gasteiger partial charge in [0.05, 0.1) is 16.3 Å². The molecule has 0 aliphatic heterocycles. The Labute approximate surface area is 458 Å². The minimum absolute atomic E-state index is 0.0556. The lowest BCUT2D eigenvalue weighted by Crippen LogP contribution is -2.54. The van der Waals surface area contributed by atoms with Gasteiger partial charge in [0.15, 0.2) is 5.01 Å². The summed E-state index contributed by atoms with van der Waals surface area (Å²) in [6.07, 6.45) is 12.1. The van der Waals surface area contributed by atoms with Gasteiger partial charge in [-0.05, 0) is 155 Å². The van der Waals surface area contributed by atoms with Gasteiger partial charge in [0.1, 0.15) is 29.4 Å². The number of thiazole rings is 1. The molecule has 1 heterocycles. The van der Waals surface area contributed by atoms with Crippen LogP contribution < -0.4 is 25.8 Å². The zero-order valence-corrected chi connectivity index (χ0v) is 47.4. The Morgan fingerprint density at radius 3 is 2.38 bits per heavy atom. The van der Waals surface area contributed by atoms with Crippen molar-refractivity contribution < 1.29 is 49.1 Å². The third-order valence-electron chi connectivity index (χ3n) is 19.2. The molecule has 7 rings (SSSR count). The van der Waals surface area contributed by atoms with E-state index in [1.54, 1.807) is 46.0 Å². The van der Waals surface area contributed by atoms with Gasteiger partial charge in [0, 0.05) is 85.5 Å². The number of carbonyl (C=O) groups excluding carboxylic acids is 4. The Balaban J connectivity index is 0.849. The number of aromatic nitrogens is 1. The van der Waals surface area contributed by atoms with Gasteiger partial charge in [0.2, 0.25) is 17.7 Å². The molecular weight excluding hydrogens is 997 g/mol. The van der Waals surface area contributed by atoms with E-state index in [1.807, 2.05) is 6.07 Å². The summed E-state index contributed by atoms with van der Waals surface area (Å²) >= 11 is 1.17. The van der Waals surface area contributed by atoms with Crippen LogP contribution in [0.4, 0.5) is 4.79 Å². The molecule has 2 aromatic carbocycles. The molecule has 3 aromatic rings. The number of aliphatic hydroxyl groups excluding tert-OH is 1. The highest BCUT2D eigenvalue weighted by molar-refractivity contribution is 7.19. The van der Waals surface area contributed by atoms with Crippen LogP contribution >= 0.6 is 11.3 Å². The maximum atomic E-state index is 13.7. The number of carboxylic acids is 1. The number of phenolic OH excluding ortho intramolecular Hbond substituents is 2. The van der Waals surface area contributed by atoms with Gasteiger partial charge < -0.3 is 45.6 Å². The highest BCUT2D eigenvalue weighted by Gasteiger charge is 2.60. The van der Waals surface area contributed by atoms with Crippen molar-refractivity contribution in [3.8, 4) is 23.3 Å². The maximum Gasteiger partial charge on any atom is 0.415 e. The average Bonchev–Trinajstić information content (AvgIpc) is 4.06. The summed E-state index contributed by atoms with van der Waals surface area (Å²) in [6, 6.07) is 5.85. The van der Waals surface area contributed by atoms with Crippen LogP contribution in [-0.2, 0) is 24.6 Å². The monoisotopic (exact) mass is 1080 g/mol. The Morgan fingerprint density at radius 1 is 0.922 bits per heavy atom. The highest BCUT2D eigenvalue weighted by atomic mass is 32.1. The van der Waals surface area contributed by atoms with Crippen LogP contribution in [0.1, 0.15) is 160 Å². The van der Waals surface area contributed by atoms with Crippen molar-refractivity contribution >= 4 is 64.5 Å². The van der Waals surface area contributed by atoms with E-state index in [9.17, 15) is 49.7 Å². The molecule has 77 heavy (non-hydrogen) atoms. The number of nitriles is 1. The molecule has 4 aliphatic rings. The summed E-state index contributed by atoms with van der Waals surface area (Å²) in [5, 5.41) is 57.9. The molecule has 4 aliphatic carbocycles. The van der Waals surface area contributed by atoms with Crippen molar-refractivity contribution in [2.45, 2.75) is 168 Å². The number of aromatic hydroxyl groups is 2. The Kier molecular flexibility index (Phi) is 18.8. The molecule has 0 bridgehead atoms. The summed E-state index contributed by atoms with van der Waals surface area (Å²) in [7, 11) is 1.60. The topological polar surface area (TPSA) is 243 Å². The number of phenols is 2. The van der Waals surface area contributed by atoms with Crippen molar-refractivity contribution in [3.63, 3.8) is 0 Å². The quantitative estimate of drug-likeness (QED) is 0.0411. The predicted molar refractivity (Wildman–Crippen MR) is 297 cm³/mol. The summed E-state index contributed by atoms with van der Waals surface area (Å²) in [6.45, 7) is 20.9. The number of aliphatic hydroxyl groups is 1. The predicted octanol–water partition coefficient (Wildman–Crippen LogP) is 8.41. The Morgan fingerprint density at radius 2 is 1.65 bits per heavy atom. The third-order valence-corrected chi connectivity index (χ3v) is 20.1. The first-order valence-electron chi connectivity index (χ1n) is 28.1. The van der Waals surface area contributed by atoms with Crippen molar-refractivity contribution in [1.29, 1.82) is 5.26 Å². The SMILES string of the molecule is C=c1c(C)c(O)c(=C)c(C(C)(C)CC(=O)N(C)CCN(CCCC(=O)NCCCCC(NC(=O)CC[C@@H](C)[C@H]2CC[C@H]3[C@@H]4CC[C@@H]5C[C@H](O)CC[C@]5(C)[C@H]4CC[C@]23C)C(=O)O)C(=O)Oc2ccc3nc(C#N)sc3c2)c1O. The van der Waals surface area contributed by atoms with Gasteiger partial charge in [-0.25, -0.2) is 14.6 Å². The van der Waals surface area contributed by atoms with E-state index >= 15 is 0 Å². The van der Waals surface area contributed by atoms with E-state index in [-0.39, 0.29) is 114 Å². The number of nitrogens with one attached hydrogen (secondary N) is 2. The van der Waals surface area contributed by atoms with Crippen LogP contribution in [0.5, 0.6) is 17.2 Å². The number of hydrogen-bond acceptors (Lipinski definition) is 12. The number of unbranched alkanes of at least 4 members (excludes halogenated alkanes) is 1. The zero-order valence-electron chi connectivity index (χ0n) is 46.5. The summed E-state index contributed by atoms with van der Waals surface area (Å²) in [5.74, 6) is 1.83. The van der Waals surface area contributed by atoms with Gasteiger partial charge in [-0.3, -0.25) is 14.4 Å². The summed E-state index contributed by atoms with van der Waals surface area (Å²) in [4.78, 5) is 73.1. The van der Waals surface area contributed by atoms with Gasteiger partial charge in [-0.1, -0.05) is 47.8 Å². The second-order valence-electron chi connectivity index (χ2n) is 24.4. The van der Waals surface area contributed by atoms with Gasteiger partial charge >= 0.3 is 12.1 Å². The van der Waals surface area contributed by atoms with E-state index in [0.29, 0.717) is 69.8 Å². The van der Waals surface area contributed by atoms with Crippen LogP contribution in [0.25, 0.3) is 23.4 Å². The van der Waals surface area contributed by atoms with Crippen LogP contribution in [-0.4, -0.2) is 110 Å². The molecule has 1 aromatic heterocycles. The first-order chi connectivity index (χ1) is 36.4. The number of fused-ring (bicyclic) bond motifs is 6. The van der Waals surface area contributed by atoms with Gasteiger partial charge in [-0.2, -0.15) is 5.26 Å². The number of hydrogen-bond donors (Lipinski definition) is 6. The molecule has 1 unspecified atom stereocenters. The number of aliphatic carboxylic acids is 1. The first-order valence-corrected chi connectivity index (χ1v) is 28.9. The molecule has 16 nitrogen and oxygen atoms in total. The average molecular weight is 1080 g/mol. The van der Waals surface area contributed by atoms with Crippen molar-refractivity contribution in [2.75, 3.05) is 33.2 Å². The fourth-order valence-electron chi connectivity index (χ4n) is 14.7. The highest BCUT2D eigenvalue weighted by Crippen LogP contribution is 2.68. The lowest BCUT2D eigenvalue weighted by Gasteiger charge is -2.61. The molecular formula is C60H84N6O10S. The molecule has 420 valence electrons. The minimum atomic E-state index is -1.09. The number of ether oxygens (including phenoxy) is 1. The Hall–Kier alpha value is -5.73. The Bertz CT molecular complexity index is 2830. The van der Waals surface area contributed by atoms with Crippen LogP contribution in [0, 0.1) is 64.6 Å². The van der Waals surface area contributed by atoms with Crippen molar-refractivity contribution in [2.24, 2.45) is 46.3 Å². The third kappa shape index (κ3) is 13.1. The number of carboxylic acid groups (broad SMARTS) is 1. The summed E-state index contributed by atoms with van der Waals surface area (Å²) in [5.41, 5.74) is 0.944. The van der Waals surface area contributed by atoms with Crippen molar-refractivity contribution in [3.05, 3.63) is 44.8 Å². The molecule has 4 fully saturated rings. The second-order valence-corrected chi connectivity index (χ2v) is 25.4. The van der Waals surface area contributed by atoms with Crippen molar-refractivity contribution in [1.82, 2.24) is 25.4 Å². The van der Waals surface area contributed by atoms with E-state index in [1.165, 1.54) is 59.7 Å². The van der Waals surface area contributed by atoms with Crippen LogP contribution in [0.3, 0.4) is 0 Å². The van der Waals surface area contributed by atoms with Crippen LogP contribution in [0.15, 0.2) is 18.2 Å². The fraction of sp³-hybridized carbons (Fsp3) is 0.650. The standard InChI is InChI=1S/C60H84N6O10S/c1-35(43-19-20-44-42-18-16-39-31-40(67)23-25-59(39,7)45(42)24-26-60(43,44)8)15-22-50(69)63-47(56(73)74)13-10-11-27-62-49(68)14-12-28-66(57(75)76-41-17-21-46-48(32-41)77-51(34-61)64-46)30-29-65(9)52(70)33-58(5,6)53-38(4)54(71)36(2)37(3)55(53)72/h17,21,32,35,39-40,42-45,47,67,71-72H,3-4,10-16,18-20,22-31,33H2,1-2,5-9H3,(H,62,68)(H,63,69)(H,73,74)/t35-,39-,40-,42+,43-,44+,45+,47?,59+,60-/m1/s1. The smallest absolute Gasteiger partial charge is 0.415 e. The zero-order chi connectivity index (χ0) is 56.1. The molecule has 10 atom stereocenters. The van der Waals surface area contributed by atoms with E-state index in [4.69, 9.17) is 4.74 Å². The first kappa shape index (κ1) is 58.9. The van der Waals surface area contributed by atoms with Gasteiger partial charge in [-0.15, -0.1) is 11.3 Å². The molecule has 17 heteroatoms. The van der Waals surface area contributed by atoms with E-state index in [0.717, 1.165) is 37.5 Å². The number of rotatable bonds is 22. The number of likely N-dealkylation sites (N-methyl/N-ethyl adjacent to an activating group) is 1. The molecule has 0 spiro atoms. The number of benzene rings is 2. The minimum Gasteiger partial charge on any atom is -0.507 e. The molecule has 6 N–H and O–H groups in total. The molecule has 0 radical (unpaired) electrons.